The van der Waals surface area contributed by atoms with Crippen molar-refractivity contribution in [3.8, 4) is 11.4 Å². The molecule has 1 N–H and O–H groups in total. The first-order valence-electron chi connectivity index (χ1n) is 6.23. The Kier molecular flexibility index (Phi) is 4.14. The van der Waals surface area contributed by atoms with Crippen LogP contribution in [0.3, 0.4) is 0 Å². The Labute approximate surface area is 119 Å². The van der Waals surface area contributed by atoms with E-state index in [0.717, 1.165) is 24.5 Å². The monoisotopic (exact) mass is 294 g/mol. The molecule has 20 heavy (non-hydrogen) atoms. The second kappa shape index (κ2) is 6.21. The second-order valence-electron chi connectivity index (χ2n) is 4.30. The van der Waals surface area contributed by atoms with Gasteiger partial charge in [0.25, 0.3) is 0 Å². The first-order chi connectivity index (χ1) is 9.83. The minimum Gasteiger partial charge on any atom is -0.508 e. The molecule has 1 aliphatic rings. The average Bonchev–Trinajstić information content (AvgIpc) is 2.95. The molecular weight excluding hydrogens is 280 g/mol. The summed E-state index contributed by atoms with van der Waals surface area (Å²) in [6.45, 7) is 1.09. The van der Waals surface area contributed by atoms with Gasteiger partial charge in [-0.25, -0.2) is 0 Å². The van der Waals surface area contributed by atoms with E-state index in [1.54, 1.807) is 40.7 Å². The first-order valence-corrected chi connectivity index (χ1v) is 7.21. The molecule has 2 aromatic rings. The summed E-state index contributed by atoms with van der Waals surface area (Å²) in [6, 6.07) is 6.74. The number of phenols is 1. The standard InChI is InChI=1S/C12H14N4O3S/c17-10-3-1-9(2-4-10)16-12(13-14-15-16)20-7-11-5-6-18-8-19-11/h1-4,11,17H,5-8H2/t11-/m1/s1. The molecule has 0 bridgehead atoms. The summed E-state index contributed by atoms with van der Waals surface area (Å²) in [4.78, 5) is 0. The molecule has 0 spiro atoms. The summed E-state index contributed by atoms with van der Waals surface area (Å²) >= 11 is 1.54. The van der Waals surface area contributed by atoms with Gasteiger partial charge >= 0.3 is 0 Å². The lowest BCUT2D eigenvalue weighted by molar-refractivity contribution is -0.130. The molecule has 0 aliphatic carbocycles. The fourth-order valence-corrected chi connectivity index (χ4v) is 2.78. The highest BCUT2D eigenvalue weighted by atomic mass is 32.2. The van der Waals surface area contributed by atoms with E-state index >= 15 is 0 Å². The lowest BCUT2D eigenvalue weighted by atomic mass is 10.3. The molecule has 7 nitrogen and oxygen atoms in total. The van der Waals surface area contributed by atoms with Crippen molar-refractivity contribution in [2.45, 2.75) is 17.7 Å². The number of benzene rings is 1. The van der Waals surface area contributed by atoms with Gasteiger partial charge in [0.15, 0.2) is 0 Å². The number of hydrogen-bond acceptors (Lipinski definition) is 7. The predicted octanol–water partition coefficient (Wildman–Crippen LogP) is 1.22. The van der Waals surface area contributed by atoms with E-state index in [4.69, 9.17) is 9.47 Å². The van der Waals surface area contributed by atoms with Crippen molar-refractivity contribution in [3.63, 3.8) is 0 Å². The fraction of sp³-hybridized carbons (Fsp3) is 0.417. The maximum Gasteiger partial charge on any atom is 0.214 e. The molecule has 0 saturated carbocycles. The number of thioether (sulfide) groups is 1. The number of phenolic OH excluding ortho intramolecular Hbond substituents is 1. The van der Waals surface area contributed by atoms with E-state index in [9.17, 15) is 5.11 Å². The normalized spacial score (nSPS) is 19.1. The van der Waals surface area contributed by atoms with Crippen LogP contribution in [0.1, 0.15) is 6.42 Å². The van der Waals surface area contributed by atoms with Crippen molar-refractivity contribution >= 4 is 11.8 Å². The molecule has 0 amide bonds. The summed E-state index contributed by atoms with van der Waals surface area (Å²) in [5.74, 6) is 0.994. The number of nitrogens with zero attached hydrogens (tertiary/aromatic N) is 4. The smallest absolute Gasteiger partial charge is 0.214 e. The Morgan fingerprint density at radius 2 is 2.20 bits per heavy atom. The van der Waals surface area contributed by atoms with Crippen LogP contribution >= 0.6 is 11.8 Å². The van der Waals surface area contributed by atoms with Crippen molar-refractivity contribution in [1.29, 1.82) is 0 Å². The zero-order chi connectivity index (χ0) is 13.8. The maximum atomic E-state index is 9.30. The van der Waals surface area contributed by atoms with Gasteiger partial charge in [-0.3, -0.25) is 0 Å². The van der Waals surface area contributed by atoms with E-state index < -0.39 is 0 Å². The Bertz CT molecular complexity index is 554. The number of hydrogen-bond donors (Lipinski definition) is 1. The highest BCUT2D eigenvalue weighted by molar-refractivity contribution is 7.99. The van der Waals surface area contributed by atoms with Crippen molar-refractivity contribution in [2.75, 3.05) is 19.2 Å². The molecule has 1 fully saturated rings. The van der Waals surface area contributed by atoms with E-state index in [2.05, 4.69) is 15.5 Å². The van der Waals surface area contributed by atoms with Crippen LogP contribution in [-0.4, -0.2) is 50.6 Å². The van der Waals surface area contributed by atoms with Gasteiger partial charge in [0.1, 0.15) is 12.5 Å². The highest BCUT2D eigenvalue weighted by Gasteiger charge is 2.17. The van der Waals surface area contributed by atoms with Gasteiger partial charge in [0.2, 0.25) is 5.16 Å². The van der Waals surface area contributed by atoms with Crippen molar-refractivity contribution < 1.29 is 14.6 Å². The Morgan fingerprint density at radius 1 is 1.35 bits per heavy atom. The van der Waals surface area contributed by atoms with E-state index in [1.165, 1.54) is 0 Å². The zero-order valence-electron chi connectivity index (χ0n) is 10.7. The molecule has 8 heteroatoms. The summed E-state index contributed by atoms with van der Waals surface area (Å²) in [5, 5.41) is 21.7. The summed E-state index contributed by atoms with van der Waals surface area (Å²) in [7, 11) is 0. The van der Waals surface area contributed by atoms with Crippen LogP contribution in [-0.2, 0) is 9.47 Å². The van der Waals surface area contributed by atoms with Gasteiger partial charge in [-0.1, -0.05) is 11.8 Å². The summed E-state index contributed by atoms with van der Waals surface area (Å²) < 4.78 is 12.3. The highest BCUT2D eigenvalue weighted by Crippen LogP contribution is 2.22. The number of rotatable bonds is 4. The second-order valence-corrected chi connectivity index (χ2v) is 5.29. The maximum absolute atomic E-state index is 9.30. The largest absolute Gasteiger partial charge is 0.508 e. The molecule has 1 aromatic heterocycles. The van der Waals surface area contributed by atoms with Crippen LogP contribution in [0.15, 0.2) is 29.4 Å². The number of ether oxygens (including phenoxy) is 2. The van der Waals surface area contributed by atoms with Crippen LogP contribution in [0.2, 0.25) is 0 Å². The number of aromatic hydroxyl groups is 1. The van der Waals surface area contributed by atoms with Gasteiger partial charge in [-0.05, 0) is 41.1 Å². The number of aromatic nitrogens is 4. The van der Waals surface area contributed by atoms with Gasteiger partial charge in [0, 0.05) is 5.75 Å². The molecule has 0 unspecified atom stereocenters. The minimum atomic E-state index is 0.165. The third-order valence-corrected chi connectivity index (χ3v) is 3.96. The topological polar surface area (TPSA) is 82.3 Å². The van der Waals surface area contributed by atoms with Gasteiger partial charge in [-0.2, -0.15) is 4.68 Å². The third kappa shape index (κ3) is 3.09. The summed E-state index contributed by atoms with van der Waals surface area (Å²) in [6.07, 6.45) is 1.05. The Morgan fingerprint density at radius 3 is 2.95 bits per heavy atom. The first kappa shape index (κ1) is 13.3. The predicted molar refractivity (Wildman–Crippen MR) is 71.9 cm³/mol. The van der Waals surface area contributed by atoms with Crippen LogP contribution in [0.25, 0.3) is 5.69 Å². The lowest BCUT2D eigenvalue weighted by Gasteiger charge is -2.21. The Hall–Kier alpha value is -1.64. The van der Waals surface area contributed by atoms with Gasteiger partial charge in [0.05, 0.1) is 18.4 Å². The quantitative estimate of drug-likeness (QED) is 0.849. The molecule has 1 atom stereocenters. The van der Waals surface area contributed by atoms with Gasteiger partial charge in [-0.15, -0.1) is 5.10 Å². The third-order valence-electron chi connectivity index (χ3n) is 2.90. The SMILES string of the molecule is Oc1ccc(-n2nnnc2SC[C@H]2CCOCO2)cc1. The van der Waals surface area contributed by atoms with Crippen LogP contribution in [0, 0.1) is 0 Å². The number of tetrazole rings is 1. The molecule has 1 aliphatic heterocycles. The Balaban J connectivity index is 1.68. The van der Waals surface area contributed by atoms with E-state index in [0.29, 0.717) is 11.9 Å². The fourth-order valence-electron chi connectivity index (χ4n) is 1.83. The van der Waals surface area contributed by atoms with Crippen LogP contribution < -0.4 is 0 Å². The minimum absolute atomic E-state index is 0.165. The molecule has 1 aromatic carbocycles. The molecule has 0 radical (unpaired) electrons. The van der Waals surface area contributed by atoms with Crippen molar-refractivity contribution in [3.05, 3.63) is 24.3 Å². The zero-order valence-corrected chi connectivity index (χ0v) is 11.5. The molecule has 2 heterocycles. The molecule has 106 valence electrons. The summed E-state index contributed by atoms with van der Waals surface area (Å²) in [5.41, 5.74) is 0.809. The molecule has 3 rings (SSSR count). The van der Waals surface area contributed by atoms with E-state index in [-0.39, 0.29) is 11.9 Å². The van der Waals surface area contributed by atoms with Crippen molar-refractivity contribution in [2.24, 2.45) is 0 Å². The molecule has 1 saturated heterocycles. The average molecular weight is 294 g/mol. The molecular formula is C12H14N4O3S. The lowest BCUT2D eigenvalue weighted by Crippen LogP contribution is -2.25. The van der Waals surface area contributed by atoms with Gasteiger partial charge < -0.3 is 14.6 Å². The van der Waals surface area contributed by atoms with Crippen LogP contribution in [0.5, 0.6) is 5.75 Å². The van der Waals surface area contributed by atoms with Crippen molar-refractivity contribution in [1.82, 2.24) is 20.2 Å². The van der Waals surface area contributed by atoms with Crippen LogP contribution in [0.4, 0.5) is 0 Å². The van der Waals surface area contributed by atoms with E-state index in [1.807, 2.05) is 0 Å².